The van der Waals surface area contributed by atoms with Crippen LogP contribution in [-0.2, 0) is 23.7 Å². The minimum Gasteiger partial charge on any atom is -0.374 e. The summed E-state index contributed by atoms with van der Waals surface area (Å²) in [7, 11) is 1.99. The van der Waals surface area contributed by atoms with Crippen LogP contribution in [0.2, 0.25) is 0 Å². The van der Waals surface area contributed by atoms with Crippen LogP contribution < -0.4 is 5.32 Å². The zero-order chi connectivity index (χ0) is 15.5. The third-order valence-electron chi connectivity index (χ3n) is 3.97. The van der Waals surface area contributed by atoms with Gasteiger partial charge in [0.25, 0.3) is 0 Å². The van der Waals surface area contributed by atoms with Crippen LogP contribution in [0, 0.1) is 0 Å². The molecule has 0 aromatic carbocycles. The number of hydrogen-bond donors (Lipinski definition) is 1. The van der Waals surface area contributed by atoms with Crippen molar-refractivity contribution in [1.82, 2.24) is 20.0 Å². The Labute approximate surface area is 128 Å². The minimum atomic E-state index is 0.0820. The van der Waals surface area contributed by atoms with Crippen molar-refractivity contribution in [3.8, 4) is 0 Å². The molecule has 2 heterocycles. The lowest BCUT2D eigenvalue weighted by atomic mass is 9.89. The summed E-state index contributed by atoms with van der Waals surface area (Å²) in [5, 5.41) is 8.15. The number of ether oxygens (including phenoxy) is 1. The summed E-state index contributed by atoms with van der Waals surface area (Å²) in [6.07, 6.45) is 2.42. The van der Waals surface area contributed by atoms with Gasteiger partial charge in [-0.15, -0.1) is 0 Å². The lowest BCUT2D eigenvalue weighted by molar-refractivity contribution is -0.0253. The molecule has 0 aliphatic carbocycles. The molecule has 1 atom stereocenters. The highest BCUT2D eigenvalue weighted by molar-refractivity contribution is 5.23. The topological polar surface area (TPSA) is 42.3 Å². The Hall–Kier alpha value is -0.910. The predicted octanol–water partition coefficient (Wildman–Crippen LogP) is 1.53. The SMILES string of the molecule is CCN1CCOC(CNCc2cn(C)nc2C(C)(C)C)C1. The molecule has 5 heteroatoms. The Balaban J connectivity index is 1.86. The molecule has 0 amide bonds. The quantitative estimate of drug-likeness (QED) is 0.894. The fourth-order valence-corrected chi connectivity index (χ4v) is 2.86. The number of nitrogens with zero attached hydrogens (tertiary/aromatic N) is 3. The first-order valence-electron chi connectivity index (χ1n) is 7.98. The Kier molecular flexibility index (Phi) is 5.41. The average molecular weight is 294 g/mol. The number of morpholine rings is 1. The third kappa shape index (κ3) is 4.53. The van der Waals surface area contributed by atoms with Gasteiger partial charge in [-0.2, -0.15) is 5.10 Å². The second-order valence-corrected chi connectivity index (χ2v) is 6.94. The van der Waals surface area contributed by atoms with Gasteiger partial charge >= 0.3 is 0 Å². The van der Waals surface area contributed by atoms with Gasteiger partial charge in [-0.3, -0.25) is 9.58 Å². The number of likely N-dealkylation sites (N-methyl/N-ethyl adjacent to an activating group) is 1. The van der Waals surface area contributed by atoms with Crippen LogP contribution in [0.15, 0.2) is 6.20 Å². The molecular weight excluding hydrogens is 264 g/mol. The molecule has 1 N–H and O–H groups in total. The van der Waals surface area contributed by atoms with E-state index in [1.165, 1.54) is 11.3 Å². The molecule has 5 nitrogen and oxygen atoms in total. The number of rotatable bonds is 5. The molecule has 0 saturated carbocycles. The van der Waals surface area contributed by atoms with Gasteiger partial charge in [-0.05, 0) is 6.54 Å². The van der Waals surface area contributed by atoms with Crippen molar-refractivity contribution in [3.05, 3.63) is 17.5 Å². The van der Waals surface area contributed by atoms with E-state index in [-0.39, 0.29) is 5.41 Å². The molecule has 0 spiro atoms. The summed E-state index contributed by atoms with van der Waals surface area (Å²) < 4.78 is 7.74. The van der Waals surface area contributed by atoms with Gasteiger partial charge in [0.1, 0.15) is 0 Å². The van der Waals surface area contributed by atoms with E-state index in [0.29, 0.717) is 6.10 Å². The normalized spacial score (nSPS) is 20.9. The molecule has 1 unspecified atom stereocenters. The van der Waals surface area contributed by atoms with Crippen LogP contribution in [-0.4, -0.2) is 53.6 Å². The maximum absolute atomic E-state index is 5.83. The highest BCUT2D eigenvalue weighted by Gasteiger charge is 2.22. The lowest BCUT2D eigenvalue weighted by Crippen LogP contribution is -2.46. The van der Waals surface area contributed by atoms with Crippen molar-refractivity contribution < 1.29 is 4.74 Å². The van der Waals surface area contributed by atoms with E-state index in [1.54, 1.807) is 0 Å². The Bertz CT molecular complexity index is 450. The van der Waals surface area contributed by atoms with Crippen molar-refractivity contribution in [2.45, 2.75) is 45.8 Å². The fraction of sp³-hybridized carbons (Fsp3) is 0.812. The standard InChI is InChI=1S/C16H30N4O/c1-6-20-7-8-21-14(12-20)10-17-9-13-11-19(5)18-15(13)16(2,3)4/h11,14,17H,6-10,12H2,1-5H3. The van der Waals surface area contributed by atoms with Crippen molar-refractivity contribution in [3.63, 3.8) is 0 Å². The summed E-state index contributed by atoms with van der Waals surface area (Å²) in [6, 6.07) is 0. The van der Waals surface area contributed by atoms with Crippen LogP contribution >= 0.6 is 0 Å². The van der Waals surface area contributed by atoms with E-state index in [2.05, 4.69) is 49.2 Å². The number of hydrogen-bond acceptors (Lipinski definition) is 4. The summed E-state index contributed by atoms with van der Waals surface area (Å²) in [5.74, 6) is 0. The largest absolute Gasteiger partial charge is 0.374 e. The molecule has 1 aromatic heterocycles. The summed E-state index contributed by atoms with van der Waals surface area (Å²) in [5.41, 5.74) is 2.55. The first-order chi connectivity index (χ1) is 9.90. The van der Waals surface area contributed by atoms with Gasteiger partial charge in [0.05, 0.1) is 18.4 Å². The van der Waals surface area contributed by atoms with Crippen molar-refractivity contribution in [1.29, 1.82) is 0 Å². The summed E-state index contributed by atoms with van der Waals surface area (Å²) >= 11 is 0. The number of aryl methyl sites for hydroxylation is 1. The first-order valence-corrected chi connectivity index (χ1v) is 7.98. The monoisotopic (exact) mass is 294 g/mol. The van der Waals surface area contributed by atoms with Gasteiger partial charge in [0.2, 0.25) is 0 Å². The van der Waals surface area contributed by atoms with E-state index in [1.807, 2.05) is 11.7 Å². The van der Waals surface area contributed by atoms with E-state index < -0.39 is 0 Å². The first kappa shape index (κ1) is 16.5. The smallest absolute Gasteiger partial charge is 0.0826 e. The second-order valence-electron chi connectivity index (χ2n) is 6.94. The van der Waals surface area contributed by atoms with Gasteiger partial charge in [-0.25, -0.2) is 0 Å². The Morgan fingerprint density at radius 3 is 2.86 bits per heavy atom. The summed E-state index contributed by atoms with van der Waals surface area (Å²) in [4.78, 5) is 2.44. The Morgan fingerprint density at radius 2 is 2.19 bits per heavy atom. The van der Waals surface area contributed by atoms with E-state index in [0.717, 1.165) is 39.3 Å². The van der Waals surface area contributed by atoms with Crippen molar-refractivity contribution in [2.75, 3.05) is 32.8 Å². The third-order valence-corrected chi connectivity index (χ3v) is 3.97. The van der Waals surface area contributed by atoms with Crippen LogP contribution in [0.5, 0.6) is 0 Å². The highest BCUT2D eigenvalue weighted by atomic mass is 16.5. The molecule has 120 valence electrons. The van der Waals surface area contributed by atoms with Crippen LogP contribution in [0.1, 0.15) is 39.0 Å². The highest BCUT2D eigenvalue weighted by Crippen LogP contribution is 2.23. The van der Waals surface area contributed by atoms with Gasteiger partial charge in [0.15, 0.2) is 0 Å². The Morgan fingerprint density at radius 1 is 1.43 bits per heavy atom. The van der Waals surface area contributed by atoms with Crippen molar-refractivity contribution >= 4 is 0 Å². The van der Waals surface area contributed by atoms with E-state index in [4.69, 9.17) is 4.74 Å². The summed E-state index contributed by atoms with van der Waals surface area (Å²) in [6.45, 7) is 14.6. The van der Waals surface area contributed by atoms with E-state index in [9.17, 15) is 0 Å². The minimum absolute atomic E-state index is 0.0820. The zero-order valence-electron chi connectivity index (χ0n) is 14.1. The molecule has 1 fully saturated rings. The van der Waals surface area contributed by atoms with Crippen molar-refractivity contribution in [2.24, 2.45) is 7.05 Å². The second kappa shape index (κ2) is 6.90. The van der Waals surface area contributed by atoms with Gasteiger partial charge in [0, 0.05) is 50.4 Å². The lowest BCUT2D eigenvalue weighted by Gasteiger charge is -2.32. The predicted molar refractivity (Wildman–Crippen MR) is 85.5 cm³/mol. The number of aromatic nitrogens is 2. The van der Waals surface area contributed by atoms with Crippen LogP contribution in [0.3, 0.4) is 0 Å². The zero-order valence-corrected chi connectivity index (χ0v) is 14.1. The van der Waals surface area contributed by atoms with Crippen LogP contribution in [0.25, 0.3) is 0 Å². The van der Waals surface area contributed by atoms with Crippen LogP contribution in [0.4, 0.5) is 0 Å². The molecule has 0 bridgehead atoms. The molecule has 1 saturated heterocycles. The average Bonchev–Trinajstić information content (AvgIpc) is 2.80. The molecule has 2 rings (SSSR count). The number of nitrogens with one attached hydrogen (secondary N) is 1. The molecule has 21 heavy (non-hydrogen) atoms. The molecule has 1 aromatic rings. The molecule has 1 aliphatic rings. The maximum Gasteiger partial charge on any atom is 0.0826 e. The van der Waals surface area contributed by atoms with Gasteiger partial charge < -0.3 is 10.1 Å². The maximum atomic E-state index is 5.83. The van der Waals surface area contributed by atoms with E-state index >= 15 is 0 Å². The molecule has 0 radical (unpaired) electrons. The molecule has 1 aliphatic heterocycles. The van der Waals surface area contributed by atoms with Gasteiger partial charge in [-0.1, -0.05) is 27.7 Å². The molecular formula is C16H30N4O. The fourth-order valence-electron chi connectivity index (χ4n) is 2.86.